The average Bonchev–Trinajstić information content (AvgIpc) is 2.49. The van der Waals surface area contributed by atoms with Crippen LogP contribution in [0.5, 0.6) is 0 Å². The van der Waals surface area contributed by atoms with Gasteiger partial charge in [-0.3, -0.25) is 0 Å². The van der Waals surface area contributed by atoms with E-state index in [0.717, 1.165) is 24.4 Å². The maximum absolute atomic E-state index is 5.91. The highest BCUT2D eigenvalue weighted by Crippen LogP contribution is 2.19. The Hall–Kier alpha value is -1.48. The molecule has 2 aliphatic rings. The smallest absolute Gasteiger partial charge is 0.0378 e. The molecule has 3 heteroatoms. The van der Waals surface area contributed by atoms with Gasteiger partial charge in [-0.2, -0.15) is 0 Å². The predicted molar refractivity (Wildman–Crippen MR) is 85.6 cm³/mol. The lowest BCUT2D eigenvalue weighted by molar-refractivity contribution is 0.383. The lowest BCUT2D eigenvalue weighted by Gasteiger charge is -2.26. The van der Waals surface area contributed by atoms with Gasteiger partial charge in [-0.15, -0.1) is 0 Å². The summed E-state index contributed by atoms with van der Waals surface area (Å²) in [7, 11) is 0. The molecule has 0 aromatic heterocycles. The largest absolute Gasteiger partial charge is 0.401 e. The molecule has 2 rings (SSSR count). The van der Waals surface area contributed by atoms with Gasteiger partial charge in [0.25, 0.3) is 0 Å². The highest BCUT2D eigenvalue weighted by atomic mass is 15.1. The highest BCUT2D eigenvalue weighted by molar-refractivity contribution is 5.35. The zero-order chi connectivity index (χ0) is 14.4. The number of nitrogens with two attached hydrogens (primary N) is 1. The molecule has 0 aromatic rings. The first-order valence-electron chi connectivity index (χ1n) is 7.74. The summed E-state index contributed by atoms with van der Waals surface area (Å²) < 4.78 is 0. The Morgan fingerprint density at radius 3 is 2.85 bits per heavy atom. The van der Waals surface area contributed by atoms with Crippen molar-refractivity contribution in [1.29, 1.82) is 0 Å². The summed E-state index contributed by atoms with van der Waals surface area (Å²) in [6.07, 6.45) is 15.9. The second-order valence-corrected chi connectivity index (χ2v) is 5.71. The van der Waals surface area contributed by atoms with Crippen molar-refractivity contribution < 1.29 is 0 Å². The molecule has 1 aliphatic heterocycles. The molecule has 0 amide bonds. The molecule has 1 saturated carbocycles. The van der Waals surface area contributed by atoms with Gasteiger partial charge in [-0.25, -0.2) is 0 Å². The van der Waals surface area contributed by atoms with E-state index in [-0.39, 0.29) is 0 Å². The van der Waals surface area contributed by atoms with Crippen LogP contribution in [-0.2, 0) is 0 Å². The Labute approximate surface area is 122 Å². The van der Waals surface area contributed by atoms with Gasteiger partial charge in [0, 0.05) is 36.4 Å². The molecule has 3 N–H and O–H groups in total. The lowest BCUT2D eigenvalue weighted by atomic mass is 9.95. The van der Waals surface area contributed by atoms with Gasteiger partial charge >= 0.3 is 0 Å². The van der Waals surface area contributed by atoms with Crippen LogP contribution >= 0.6 is 0 Å². The van der Waals surface area contributed by atoms with Gasteiger partial charge in [-0.1, -0.05) is 38.8 Å². The number of hydrogen-bond acceptors (Lipinski definition) is 3. The molecule has 20 heavy (non-hydrogen) atoms. The minimum absolute atomic E-state index is 0.688. The lowest BCUT2D eigenvalue weighted by Crippen LogP contribution is -2.33. The van der Waals surface area contributed by atoms with Crippen molar-refractivity contribution in [2.24, 2.45) is 5.73 Å². The summed E-state index contributed by atoms with van der Waals surface area (Å²) in [4.78, 5) is 2.02. The zero-order valence-corrected chi connectivity index (χ0v) is 12.6. The molecular formula is C17H27N3. The van der Waals surface area contributed by atoms with Crippen LogP contribution in [0.2, 0.25) is 0 Å². The summed E-state index contributed by atoms with van der Waals surface area (Å²) in [5, 5.41) is 3.67. The molecule has 0 radical (unpaired) electrons. The van der Waals surface area contributed by atoms with Crippen molar-refractivity contribution >= 4 is 0 Å². The van der Waals surface area contributed by atoms with Crippen molar-refractivity contribution in [3.63, 3.8) is 0 Å². The van der Waals surface area contributed by atoms with Gasteiger partial charge in [-0.05, 0) is 30.9 Å². The van der Waals surface area contributed by atoms with Gasteiger partial charge in [0.15, 0.2) is 0 Å². The van der Waals surface area contributed by atoms with E-state index in [1.807, 2.05) is 11.1 Å². The molecular weight excluding hydrogens is 246 g/mol. The third-order valence-corrected chi connectivity index (χ3v) is 4.04. The molecule has 0 unspecified atom stereocenters. The van der Waals surface area contributed by atoms with Crippen molar-refractivity contribution in [1.82, 2.24) is 10.2 Å². The van der Waals surface area contributed by atoms with E-state index in [2.05, 4.69) is 37.2 Å². The number of rotatable bonds is 5. The Morgan fingerprint density at radius 1 is 1.40 bits per heavy atom. The Kier molecular flexibility index (Phi) is 5.48. The standard InChI is InChI=1S/C17H27N3/c1-3-16(18)13-20-12-15(10-9-14(20)2)11-19-17-7-5-4-6-8-17/h9-10,12-13,17,19H,2-8,11,18H2,1H3/b16-13-. The fraction of sp³-hybridized carbons (Fsp3) is 0.529. The fourth-order valence-corrected chi connectivity index (χ4v) is 2.66. The average molecular weight is 273 g/mol. The van der Waals surface area contributed by atoms with Crippen LogP contribution in [0.25, 0.3) is 0 Å². The Morgan fingerprint density at radius 2 is 2.15 bits per heavy atom. The first-order chi connectivity index (χ1) is 9.69. The Bertz CT molecular complexity index is 426. The number of nitrogens with one attached hydrogen (secondary N) is 1. The first-order valence-corrected chi connectivity index (χ1v) is 7.74. The van der Waals surface area contributed by atoms with E-state index in [1.165, 1.54) is 37.7 Å². The summed E-state index contributed by atoms with van der Waals surface area (Å²) in [6, 6.07) is 0.688. The van der Waals surface area contributed by atoms with Crippen molar-refractivity contribution in [3.8, 4) is 0 Å². The maximum atomic E-state index is 5.91. The monoisotopic (exact) mass is 273 g/mol. The van der Waals surface area contributed by atoms with E-state index in [1.54, 1.807) is 0 Å². The minimum Gasteiger partial charge on any atom is -0.401 e. The second kappa shape index (κ2) is 7.34. The fourth-order valence-electron chi connectivity index (χ4n) is 2.66. The molecule has 1 heterocycles. The van der Waals surface area contributed by atoms with Crippen LogP contribution in [0, 0.1) is 0 Å². The van der Waals surface area contributed by atoms with Gasteiger partial charge in [0.05, 0.1) is 0 Å². The van der Waals surface area contributed by atoms with Gasteiger partial charge in [0.1, 0.15) is 0 Å². The molecule has 1 fully saturated rings. The Balaban J connectivity index is 1.91. The molecule has 110 valence electrons. The first kappa shape index (κ1) is 14.9. The van der Waals surface area contributed by atoms with Gasteiger partial charge < -0.3 is 16.0 Å². The predicted octanol–water partition coefficient (Wildman–Crippen LogP) is 3.39. The summed E-state index contributed by atoms with van der Waals surface area (Å²) >= 11 is 0. The van der Waals surface area contributed by atoms with E-state index in [4.69, 9.17) is 5.73 Å². The van der Waals surface area contributed by atoms with Crippen LogP contribution in [0.1, 0.15) is 45.4 Å². The van der Waals surface area contributed by atoms with Crippen LogP contribution in [0.4, 0.5) is 0 Å². The molecule has 0 atom stereocenters. The highest BCUT2D eigenvalue weighted by Gasteiger charge is 2.13. The molecule has 0 saturated heterocycles. The number of allylic oxidation sites excluding steroid dienone is 2. The van der Waals surface area contributed by atoms with Gasteiger partial charge in [0.2, 0.25) is 0 Å². The third-order valence-electron chi connectivity index (χ3n) is 4.04. The maximum Gasteiger partial charge on any atom is 0.0378 e. The van der Waals surface area contributed by atoms with Crippen molar-refractivity contribution in [2.75, 3.05) is 6.54 Å². The SMILES string of the molecule is C=C1C=CC(CNC2CCCCC2)=CN1/C=C(\N)CC. The van der Waals surface area contributed by atoms with E-state index in [9.17, 15) is 0 Å². The topological polar surface area (TPSA) is 41.3 Å². The number of nitrogens with zero attached hydrogens (tertiary/aromatic N) is 1. The van der Waals surface area contributed by atoms with Crippen molar-refractivity contribution in [2.45, 2.75) is 51.5 Å². The van der Waals surface area contributed by atoms with Crippen molar-refractivity contribution in [3.05, 3.63) is 48.1 Å². The summed E-state index contributed by atoms with van der Waals surface area (Å²) in [5.74, 6) is 0. The van der Waals surface area contributed by atoms with E-state index >= 15 is 0 Å². The molecule has 1 aliphatic carbocycles. The normalized spacial score (nSPS) is 21.2. The second-order valence-electron chi connectivity index (χ2n) is 5.71. The van der Waals surface area contributed by atoms with E-state index < -0.39 is 0 Å². The summed E-state index contributed by atoms with van der Waals surface area (Å²) in [6.45, 7) is 7.02. The molecule has 3 nitrogen and oxygen atoms in total. The van der Waals surface area contributed by atoms with Crippen LogP contribution in [-0.4, -0.2) is 17.5 Å². The van der Waals surface area contributed by atoms with Crippen LogP contribution in [0.3, 0.4) is 0 Å². The minimum atomic E-state index is 0.688. The number of hydrogen-bond donors (Lipinski definition) is 2. The van der Waals surface area contributed by atoms with E-state index in [0.29, 0.717) is 6.04 Å². The molecule has 0 aromatic carbocycles. The van der Waals surface area contributed by atoms with Crippen LogP contribution in [0.15, 0.2) is 48.1 Å². The molecule has 0 bridgehead atoms. The quantitative estimate of drug-likeness (QED) is 0.807. The zero-order valence-electron chi connectivity index (χ0n) is 12.6. The molecule has 0 spiro atoms. The van der Waals surface area contributed by atoms with Crippen LogP contribution < -0.4 is 11.1 Å². The third kappa shape index (κ3) is 4.27. The summed E-state index contributed by atoms with van der Waals surface area (Å²) in [5.41, 5.74) is 9.03.